The van der Waals surface area contributed by atoms with Crippen LogP contribution >= 0.6 is 12.6 Å². The third-order valence-corrected chi connectivity index (χ3v) is 6.05. The molecule has 0 aromatic carbocycles. The van der Waals surface area contributed by atoms with Crippen molar-refractivity contribution < 1.29 is 0 Å². The summed E-state index contributed by atoms with van der Waals surface area (Å²) in [7, 11) is 0. The number of allylic oxidation sites excluding steroid dienone is 5. The number of thiol groups is 1. The van der Waals surface area contributed by atoms with Gasteiger partial charge >= 0.3 is 0 Å². The zero-order valence-corrected chi connectivity index (χ0v) is 16.4. The molecule has 0 saturated heterocycles. The van der Waals surface area contributed by atoms with E-state index in [0.29, 0.717) is 5.92 Å². The van der Waals surface area contributed by atoms with Crippen LogP contribution in [0.3, 0.4) is 0 Å². The summed E-state index contributed by atoms with van der Waals surface area (Å²) >= 11 is 4.95. The van der Waals surface area contributed by atoms with Crippen molar-refractivity contribution in [2.24, 2.45) is 11.8 Å². The highest BCUT2D eigenvalue weighted by Crippen LogP contribution is 2.38. The van der Waals surface area contributed by atoms with Crippen molar-refractivity contribution in [1.29, 1.82) is 0 Å². The lowest BCUT2D eigenvalue weighted by Gasteiger charge is -2.29. The fourth-order valence-corrected chi connectivity index (χ4v) is 4.22. The minimum absolute atomic E-state index is 0.581. The second-order valence-electron chi connectivity index (χ2n) is 7.24. The van der Waals surface area contributed by atoms with Crippen molar-refractivity contribution >= 4 is 12.6 Å². The van der Waals surface area contributed by atoms with Gasteiger partial charge in [0.1, 0.15) is 0 Å². The molecule has 22 heavy (non-hydrogen) atoms. The van der Waals surface area contributed by atoms with Crippen molar-refractivity contribution in [2.45, 2.75) is 86.0 Å². The van der Waals surface area contributed by atoms with Gasteiger partial charge in [-0.25, -0.2) is 0 Å². The van der Waals surface area contributed by atoms with Gasteiger partial charge in [-0.1, -0.05) is 57.3 Å². The van der Waals surface area contributed by atoms with Crippen molar-refractivity contribution in [2.75, 3.05) is 0 Å². The molecule has 0 spiro atoms. The smallest absolute Gasteiger partial charge is 0.0102 e. The van der Waals surface area contributed by atoms with E-state index < -0.39 is 0 Å². The maximum atomic E-state index is 4.95. The number of hydrogen-bond acceptors (Lipinski definition) is 1. The average molecular weight is 321 g/mol. The highest BCUT2D eigenvalue weighted by molar-refractivity contribution is 7.84. The van der Waals surface area contributed by atoms with Crippen LogP contribution in [-0.4, -0.2) is 0 Å². The molecule has 0 aliphatic heterocycles. The molecule has 0 aromatic heterocycles. The van der Waals surface area contributed by atoms with E-state index in [1.165, 1.54) is 78.6 Å². The molecule has 0 radical (unpaired) electrons. The van der Waals surface area contributed by atoms with Gasteiger partial charge in [0.15, 0.2) is 0 Å². The predicted molar refractivity (Wildman–Crippen MR) is 104 cm³/mol. The zero-order chi connectivity index (χ0) is 16.7. The largest absolute Gasteiger partial charge is 0.147 e. The molecule has 1 atom stereocenters. The maximum Gasteiger partial charge on any atom is -0.0102 e. The van der Waals surface area contributed by atoms with Crippen LogP contribution in [0.2, 0.25) is 0 Å². The summed E-state index contributed by atoms with van der Waals surface area (Å²) in [5, 5.41) is 0. The Morgan fingerprint density at radius 3 is 2.23 bits per heavy atom. The van der Waals surface area contributed by atoms with Gasteiger partial charge in [-0.15, -0.1) is 12.6 Å². The molecule has 0 unspecified atom stereocenters. The first-order chi connectivity index (χ1) is 10.4. The third kappa shape index (κ3) is 5.33. The fourth-order valence-electron chi connectivity index (χ4n) is 3.90. The van der Waals surface area contributed by atoms with E-state index in [1.54, 1.807) is 0 Å². The molecular weight excluding hydrogens is 284 g/mol. The summed E-state index contributed by atoms with van der Waals surface area (Å²) in [4.78, 5) is 1.29. The molecular formula is C21H36S. The first-order valence-corrected chi connectivity index (χ1v) is 9.60. The number of unbranched alkanes of at least 4 members (excludes halogenated alkanes) is 1. The van der Waals surface area contributed by atoms with Crippen LogP contribution in [-0.2, 0) is 0 Å². The Morgan fingerprint density at radius 1 is 1.14 bits per heavy atom. The lowest BCUT2D eigenvalue weighted by molar-refractivity contribution is 0.297. The molecule has 1 aliphatic carbocycles. The summed E-state index contributed by atoms with van der Waals surface area (Å²) in [6.45, 7) is 15.5. The number of hydrogen-bond donors (Lipinski definition) is 1. The third-order valence-electron chi connectivity index (χ3n) is 5.31. The quantitative estimate of drug-likeness (QED) is 0.364. The number of rotatable bonds is 7. The summed E-state index contributed by atoms with van der Waals surface area (Å²) < 4.78 is 0. The lowest BCUT2D eigenvalue weighted by Crippen LogP contribution is -2.16. The van der Waals surface area contributed by atoms with Crippen LogP contribution in [0, 0.1) is 11.8 Å². The second kappa shape index (κ2) is 9.65. The van der Waals surface area contributed by atoms with Gasteiger partial charge in [0.05, 0.1) is 0 Å². The van der Waals surface area contributed by atoms with Crippen molar-refractivity contribution in [3.05, 3.63) is 33.8 Å². The van der Waals surface area contributed by atoms with Crippen LogP contribution in [0.25, 0.3) is 0 Å². The van der Waals surface area contributed by atoms with Gasteiger partial charge in [-0.3, -0.25) is 0 Å². The van der Waals surface area contributed by atoms with Crippen LogP contribution in [0.5, 0.6) is 0 Å². The molecule has 0 bridgehead atoms. The average Bonchev–Trinajstić information content (AvgIpc) is 2.51. The molecule has 0 aromatic rings. The highest BCUT2D eigenvalue weighted by Gasteiger charge is 2.23. The first kappa shape index (κ1) is 19.6. The monoisotopic (exact) mass is 320 g/mol. The molecule has 1 heteroatoms. The van der Waals surface area contributed by atoms with E-state index in [1.807, 2.05) is 0 Å². The fraction of sp³-hybridized carbons (Fsp3) is 0.714. The van der Waals surface area contributed by atoms with E-state index in [-0.39, 0.29) is 0 Å². The molecule has 0 nitrogen and oxygen atoms in total. The van der Waals surface area contributed by atoms with Gasteiger partial charge in [-0.2, -0.15) is 0 Å². The minimum atomic E-state index is 0.581. The molecule has 0 amide bonds. The van der Waals surface area contributed by atoms with Gasteiger partial charge in [-0.05, 0) is 74.3 Å². The van der Waals surface area contributed by atoms with Gasteiger partial charge < -0.3 is 0 Å². The van der Waals surface area contributed by atoms with Crippen LogP contribution in [0.4, 0.5) is 0 Å². The Hall–Kier alpha value is -0.430. The molecule has 1 aliphatic rings. The normalized spacial score (nSPS) is 20.3. The van der Waals surface area contributed by atoms with E-state index in [0.717, 1.165) is 5.92 Å². The highest BCUT2D eigenvalue weighted by atomic mass is 32.1. The molecule has 1 saturated carbocycles. The molecule has 0 N–H and O–H groups in total. The van der Waals surface area contributed by atoms with Crippen LogP contribution in [0.1, 0.15) is 86.0 Å². The predicted octanol–water partition coefficient (Wildman–Crippen LogP) is 7.49. The van der Waals surface area contributed by atoms with E-state index in [2.05, 4.69) is 41.2 Å². The summed E-state index contributed by atoms with van der Waals surface area (Å²) in [6.07, 6.45) is 10.6. The Kier molecular flexibility index (Phi) is 8.61. The second-order valence-corrected chi connectivity index (χ2v) is 7.72. The lowest BCUT2D eigenvalue weighted by atomic mass is 9.79. The Balaban J connectivity index is 3.03. The van der Waals surface area contributed by atoms with Crippen molar-refractivity contribution in [1.82, 2.24) is 0 Å². The SMILES string of the molecule is C=C(C)C(/C(C)=C(\S)[C@H](C)C1CCCCC1)=C(/C)CCCC. The van der Waals surface area contributed by atoms with Gasteiger partial charge in [0.25, 0.3) is 0 Å². The zero-order valence-electron chi connectivity index (χ0n) is 15.5. The standard InChI is InChI=1S/C21H36S/c1-7-8-12-16(4)20(15(2)3)18(6)21(22)17(5)19-13-10-9-11-14-19/h17,19,22H,2,7-14H2,1,3-6H3/b20-16+,21-18-/t17-/m1/s1. The first-order valence-electron chi connectivity index (χ1n) is 9.15. The minimum Gasteiger partial charge on any atom is -0.147 e. The van der Waals surface area contributed by atoms with Gasteiger partial charge in [0, 0.05) is 0 Å². The summed E-state index contributed by atoms with van der Waals surface area (Å²) in [5.41, 5.74) is 5.41. The van der Waals surface area contributed by atoms with E-state index in [4.69, 9.17) is 12.6 Å². The topological polar surface area (TPSA) is 0 Å². The van der Waals surface area contributed by atoms with Crippen LogP contribution < -0.4 is 0 Å². The Morgan fingerprint density at radius 2 is 1.73 bits per heavy atom. The Labute approximate surface area is 144 Å². The Bertz CT molecular complexity index is 433. The van der Waals surface area contributed by atoms with Crippen LogP contribution in [0.15, 0.2) is 33.8 Å². The summed E-state index contributed by atoms with van der Waals surface area (Å²) in [5.74, 6) is 1.40. The van der Waals surface area contributed by atoms with Gasteiger partial charge in [0.2, 0.25) is 0 Å². The maximum absolute atomic E-state index is 4.95. The molecule has 1 fully saturated rings. The van der Waals surface area contributed by atoms with E-state index >= 15 is 0 Å². The van der Waals surface area contributed by atoms with Crippen molar-refractivity contribution in [3.63, 3.8) is 0 Å². The van der Waals surface area contributed by atoms with Crippen molar-refractivity contribution in [3.8, 4) is 0 Å². The summed E-state index contributed by atoms with van der Waals surface area (Å²) in [6, 6.07) is 0. The van der Waals surface area contributed by atoms with E-state index in [9.17, 15) is 0 Å². The molecule has 0 heterocycles. The molecule has 126 valence electrons. The molecule has 1 rings (SSSR count).